The van der Waals surface area contributed by atoms with Gasteiger partial charge in [-0.15, -0.1) is 0 Å². The smallest absolute Gasteiger partial charge is 0.325 e. The molecule has 1 aliphatic carbocycles. The fourth-order valence-corrected chi connectivity index (χ4v) is 5.51. The molecule has 2 fully saturated rings. The van der Waals surface area contributed by atoms with E-state index >= 15 is 0 Å². The van der Waals surface area contributed by atoms with Gasteiger partial charge in [-0.1, -0.05) is 25.3 Å². The van der Waals surface area contributed by atoms with E-state index in [9.17, 15) is 22.8 Å². The molecule has 2 aromatic rings. The normalized spacial score (nSPS) is 17.3. The molecule has 1 spiro atoms. The van der Waals surface area contributed by atoms with Gasteiger partial charge in [0, 0.05) is 11.4 Å². The number of aryl methyl sites for hydroxylation is 1. The van der Waals surface area contributed by atoms with Crippen LogP contribution in [-0.2, 0) is 19.6 Å². The molecule has 11 heteroatoms. The standard InChI is InChI=1S/C24H28N4O6S/c1-16-6-11-19(35(32,33)27-17-7-9-18(34-2)10-8-17)14-20(16)25-21(29)15-28-22(30)24(26-23(28)31)12-4-3-5-13-24/h6-11,14,27H,3-5,12-13,15H2,1-2H3,(H,25,29)(H,26,31). The molecule has 0 unspecified atom stereocenters. The summed E-state index contributed by atoms with van der Waals surface area (Å²) in [5.74, 6) is -0.385. The molecule has 0 atom stereocenters. The van der Waals surface area contributed by atoms with Gasteiger partial charge in [-0.2, -0.15) is 0 Å². The summed E-state index contributed by atoms with van der Waals surface area (Å²) in [7, 11) is -2.42. The Kier molecular flexibility index (Phi) is 6.70. The van der Waals surface area contributed by atoms with Crippen LogP contribution in [0.25, 0.3) is 0 Å². The molecule has 1 aliphatic heterocycles. The van der Waals surface area contributed by atoms with Crippen molar-refractivity contribution in [3.05, 3.63) is 48.0 Å². The van der Waals surface area contributed by atoms with Crippen molar-refractivity contribution in [2.24, 2.45) is 0 Å². The molecular weight excluding hydrogens is 472 g/mol. The second kappa shape index (κ2) is 9.57. The van der Waals surface area contributed by atoms with Crippen molar-refractivity contribution in [2.75, 3.05) is 23.7 Å². The van der Waals surface area contributed by atoms with Crippen molar-refractivity contribution >= 4 is 39.2 Å². The van der Waals surface area contributed by atoms with E-state index in [0.29, 0.717) is 29.8 Å². The molecule has 0 bridgehead atoms. The van der Waals surface area contributed by atoms with Gasteiger partial charge in [0.2, 0.25) is 5.91 Å². The summed E-state index contributed by atoms with van der Waals surface area (Å²) in [5, 5.41) is 5.41. The van der Waals surface area contributed by atoms with Crippen LogP contribution in [0.3, 0.4) is 0 Å². The van der Waals surface area contributed by atoms with Crippen LogP contribution < -0.4 is 20.1 Å². The number of imide groups is 1. The van der Waals surface area contributed by atoms with Crippen LogP contribution in [0, 0.1) is 6.92 Å². The van der Waals surface area contributed by atoms with Gasteiger partial charge >= 0.3 is 6.03 Å². The fraction of sp³-hybridized carbons (Fsp3) is 0.375. The summed E-state index contributed by atoms with van der Waals surface area (Å²) < 4.78 is 33.3. The number of carbonyl (C=O) groups excluding carboxylic acids is 3. The molecule has 35 heavy (non-hydrogen) atoms. The minimum Gasteiger partial charge on any atom is -0.497 e. The van der Waals surface area contributed by atoms with E-state index in [4.69, 9.17) is 4.74 Å². The SMILES string of the molecule is COc1ccc(NS(=O)(=O)c2ccc(C)c(NC(=O)CN3C(=O)NC4(CCCCC4)C3=O)c2)cc1. The van der Waals surface area contributed by atoms with E-state index in [0.717, 1.165) is 24.2 Å². The zero-order valence-corrected chi connectivity index (χ0v) is 20.4. The number of methoxy groups -OCH3 is 1. The Morgan fingerprint density at radius 1 is 1.09 bits per heavy atom. The Balaban J connectivity index is 1.46. The van der Waals surface area contributed by atoms with E-state index in [1.165, 1.54) is 19.2 Å². The number of anilines is 2. The van der Waals surface area contributed by atoms with Gasteiger partial charge in [0.25, 0.3) is 15.9 Å². The fourth-order valence-electron chi connectivity index (χ4n) is 4.42. The number of carbonyl (C=O) groups is 3. The summed E-state index contributed by atoms with van der Waals surface area (Å²) in [6.45, 7) is 1.26. The molecule has 1 heterocycles. The monoisotopic (exact) mass is 500 g/mol. The van der Waals surface area contributed by atoms with E-state index in [1.807, 2.05) is 0 Å². The van der Waals surface area contributed by atoms with Crippen LogP contribution >= 0.6 is 0 Å². The molecule has 2 aliphatic rings. The predicted molar refractivity (Wildman–Crippen MR) is 130 cm³/mol. The molecule has 1 saturated carbocycles. The number of sulfonamides is 1. The number of rotatable bonds is 7. The Morgan fingerprint density at radius 3 is 2.43 bits per heavy atom. The summed E-state index contributed by atoms with van der Waals surface area (Å²) in [5.41, 5.74) is 0.342. The first kappa shape index (κ1) is 24.5. The number of ether oxygens (including phenoxy) is 1. The van der Waals surface area contributed by atoms with Crippen LogP contribution in [0.15, 0.2) is 47.4 Å². The first-order valence-electron chi connectivity index (χ1n) is 11.3. The number of amides is 4. The lowest BCUT2D eigenvalue weighted by Crippen LogP contribution is -2.48. The Morgan fingerprint density at radius 2 is 1.77 bits per heavy atom. The average molecular weight is 501 g/mol. The highest BCUT2D eigenvalue weighted by molar-refractivity contribution is 7.92. The van der Waals surface area contributed by atoms with Gasteiger partial charge < -0.3 is 15.4 Å². The van der Waals surface area contributed by atoms with Crippen LogP contribution in [0.4, 0.5) is 16.2 Å². The highest BCUT2D eigenvalue weighted by atomic mass is 32.2. The van der Waals surface area contributed by atoms with Gasteiger partial charge in [-0.05, 0) is 61.7 Å². The molecule has 0 aromatic heterocycles. The number of urea groups is 1. The maximum absolute atomic E-state index is 12.9. The Bertz CT molecular complexity index is 1250. The third-order valence-corrected chi connectivity index (χ3v) is 7.77. The Labute approximate surface area is 204 Å². The summed E-state index contributed by atoms with van der Waals surface area (Å²) in [6.07, 6.45) is 3.83. The molecule has 3 N–H and O–H groups in total. The van der Waals surface area contributed by atoms with Crippen molar-refractivity contribution in [1.82, 2.24) is 10.2 Å². The number of hydrogen-bond donors (Lipinski definition) is 3. The predicted octanol–water partition coefficient (Wildman–Crippen LogP) is 3.00. The molecular formula is C24H28N4O6S. The maximum atomic E-state index is 12.9. The number of nitrogens with zero attached hydrogens (tertiary/aromatic N) is 1. The van der Waals surface area contributed by atoms with Crippen molar-refractivity contribution < 1.29 is 27.5 Å². The van der Waals surface area contributed by atoms with Crippen molar-refractivity contribution in [1.29, 1.82) is 0 Å². The summed E-state index contributed by atoms with van der Waals surface area (Å²) >= 11 is 0. The van der Waals surface area contributed by atoms with Crippen molar-refractivity contribution in [2.45, 2.75) is 49.5 Å². The number of benzene rings is 2. The Hall–Kier alpha value is -3.60. The lowest BCUT2D eigenvalue weighted by molar-refractivity contribution is -0.134. The quantitative estimate of drug-likeness (QED) is 0.501. The topological polar surface area (TPSA) is 134 Å². The van der Waals surface area contributed by atoms with Gasteiger partial charge in [-0.25, -0.2) is 13.2 Å². The molecule has 0 radical (unpaired) electrons. The minimum atomic E-state index is -3.94. The molecule has 1 saturated heterocycles. The van der Waals surface area contributed by atoms with E-state index < -0.39 is 34.0 Å². The van der Waals surface area contributed by atoms with Gasteiger partial charge in [-0.3, -0.25) is 19.2 Å². The number of nitrogens with one attached hydrogen (secondary N) is 3. The van der Waals surface area contributed by atoms with Crippen LogP contribution in [0.5, 0.6) is 5.75 Å². The first-order chi connectivity index (χ1) is 16.6. The lowest BCUT2D eigenvalue weighted by Gasteiger charge is -2.30. The third-order valence-electron chi connectivity index (χ3n) is 6.39. The molecule has 186 valence electrons. The van der Waals surface area contributed by atoms with Crippen molar-refractivity contribution in [3.63, 3.8) is 0 Å². The summed E-state index contributed by atoms with van der Waals surface area (Å²) in [4.78, 5) is 39.0. The average Bonchev–Trinajstić information content (AvgIpc) is 3.04. The molecule has 4 rings (SSSR count). The zero-order valence-electron chi connectivity index (χ0n) is 19.6. The van der Waals surface area contributed by atoms with Gasteiger partial charge in [0.1, 0.15) is 17.8 Å². The maximum Gasteiger partial charge on any atom is 0.325 e. The minimum absolute atomic E-state index is 0.0506. The molecule has 2 aromatic carbocycles. The van der Waals surface area contributed by atoms with Crippen molar-refractivity contribution in [3.8, 4) is 5.75 Å². The van der Waals surface area contributed by atoms with E-state index in [1.54, 1.807) is 37.3 Å². The zero-order chi connectivity index (χ0) is 25.2. The first-order valence-corrected chi connectivity index (χ1v) is 12.8. The second-order valence-corrected chi connectivity index (χ2v) is 10.5. The lowest BCUT2D eigenvalue weighted by atomic mass is 9.82. The highest BCUT2D eigenvalue weighted by Gasteiger charge is 2.51. The second-order valence-electron chi connectivity index (χ2n) is 8.82. The van der Waals surface area contributed by atoms with Gasteiger partial charge in [0.05, 0.1) is 12.0 Å². The third kappa shape index (κ3) is 5.09. The van der Waals surface area contributed by atoms with Crippen LogP contribution in [0.2, 0.25) is 0 Å². The van der Waals surface area contributed by atoms with Crippen LogP contribution in [-0.4, -0.2) is 50.4 Å². The van der Waals surface area contributed by atoms with E-state index in [-0.39, 0.29) is 16.5 Å². The van der Waals surface area contributed by atoms with Crippen LogP contribution in [0.1, 0.15) is 37.7 Å². The molecule has 4 amide bonds. The number of hydrogen-bond acceptors (Lipinski definition) is 6. The van der Waals surface area contributed by atoms with Gasteiger partial charge in [0.15, 0.2) is 0 Å². The largest absolute Gasteiger partial charge is 0.497 e. The molecule has 10 nitrogen and oxygen atoms in total. The summed E-state index contributed by atoms with van der Waals surface area (Å²) in [6, 6.07) is 10.2. The highest BCUT2D eigenvalue weighted by Crippen LogP contribution is 2.33. The van der Waals surface area contributed by atoms with E-state index in [2.05, 4.69) is 15.4 Å².